The molecule has 112 valence electrons. The van der Waals surface area contributed by atoms with E-state index in [0.29, 0.717) is 5.82 Å². The average Bonchev–Trinajstić information content (AvgIpc) is 2.48. The number of hydrogen-bond donors (Lipinski definition) is 1. The highest BCUT2D eigenvalue weighted by Crippen LogP contribution is 2.18. The maximum Gasteiger partial charge on any atom is 0.244 e. The second-order valence-electron chi connectivity index (χ2n) is 4.84. The van der Waals surface area contributed by atoms with Gasteiger partial charge in [0, 0.05) is 26.0 Å². The van der Waals surface area contributed by atoms with Crippen molar-refractivity contribution in [3.63, 3.8) is 0 Å². The Bertz CT molecular complexity index is 693. The topological polar surface area (TPSA) is 62.3 Å². The van der Waals surface area contributed by atoms with Gasteiger partial charge in [0.05, 0.1) is 0 Å². The molecule has 5 nitrogen and oxygen atoms in total. The quantitative estimate of drug-likeness (QED) is 0.922. The van der Waals surface area contributed by atoms with E-state index in [0.717, 1.165) is 12.1 Å². The molecule has 0 radical (unpaired) electrons. The largest absolute Gasteiger partial charge is 0.340 e. The summed E-state index contributed by atoms with van der Waals surface area (Å²) >= 11 is 0. The standard InChI is InChI=1S/C15H19N3O2S/c1-4-12-5-7-13(8-6-12)17-15-10-9-14(11-16-15)21(19,20)18(2)3/h5-11H,4H2,1-3H3,(H,16,17). The SMILES string of the molecule is CCc1ccc(Nc2ccc(S(=O)(=O)N(C)C)cn2)cc1. The molecule has 21 heavy (non-hydrogen) atoms. The van der Waals surface area contributed by atoms with E-state index in [2.05, 4.69) is 17.2 Å². The summed E-state index contributed by atoms with van der Waals surface area (Å²) in [5.41, 5.74) is 2.18. The number of pyridine rings is 1. The van der Waals surface area contributed by atoms with Crippen molar-refractivity contribution in [2.24, 2.45) is 0 Å². The fourth-order valence-electron chi connectivity index (χ4n) is 1.79. The number of rotatable bonds is 5. The van der Waals surface area contributed by atoms with Crippen molar-refractivity contribution >= 4 is 21.5 Å². The van der Waals surface area contributed by atoms with Gasteiger partial charge in [0.2, 0.25) is 10.0 Å². The van der Waals surface area contributed by atoms with Gasteiger partial charge in [0.25, 0.3) is 0 Å². The number of aromatic nitrogens is 1. The predicted molar refractivity (Wildman–Crippen MR) is 84.2 cm³/mol. The molecule has 0 saturated carbocycles. The van der Waals surface area contributed by atoms with Crippen molar-refractivity contribution in [2.45, 2.75) is 18.2 Å². The number of anilines is 2. The maximum atomic E-state index is 11.9. The molecular weight excluding hydrogens is 286 g/mol. The molecule has 6 heteroatoms. The van der Waals surface area contributed by atoms with E-state index < -0.39 is 10.0 Å². The maximum absolute atomic E-state index is 11.9. The first-order valence-electron chi connectivity index (χ1n) is 6.68. The Labute approximate surface area is 125 Å². The van der Waals surface area contributed by atoms with Gasteiger partial charge in [-0.3, -0.25) is 0 Å². The molecule has 1 N–H and O–H groups in total. The molecule has 0 aliphatic rings. The van der Waals surface area contributed by atoms with Crippen LogP contribution >= 0.6 is 0 Å². The van der Waals surface area contributed by atoms with Crippen LogP contribution in [0.5, 0.6) is 0 Å². The minimum atomic E-state index is -3.43. The normalized spacial score (nSPS) is 11.6. The summed E-state index contributed by atoms with van der Waals surface area (Å²) in [5.74, 6) is 0.608. The van der Waals surface area contributed by atoms with Crippen molar-refractivity contribution in [2.75, 3.05) is 19.4 Å². The summed E-state index contributed by atoms with van der Waals surface area (Å²) in [4.78, 5) is 4.33. The molecule has 0 aliphatic carbocycles. The highest BCUT2D eigenvalue weighted by molar-refractivity contribution is 7.89. The average molecular weight is 305 g/mol. The van der Waals surface area contributed by atoms with Crippen LogP contribution in [0.3, 0.4) is 0 Å². The van der Waals surface area contributed by atoms with Crippen molar-refractivity contribution in [1.29, 1.82) is 0 Å². The second kappa shape index (κ2) is 6.24. The Morgan fingerprint density at radius 2 is 1.76 bits per heavy atom. The summed E-state index contributed by atoms with van der Waals surface area (Å²) < 4.78 is 25.0. The first kappa shape index (κ1) is 15.5. The molecule has 0 spiro atoms. The van der Waals surface area contributed by atoms with E-state index >= 15 is 0 Å². The summed E-state index contributed by atoms with van der Waals surface area (Å²) in [6.45, 7) is 2.11. The highest BCUT2D eigenvalue weighted by Gasteiger charge is 2.17. The van der Waals surface area contributed by atoms with Gasteiger partial charge in [-0.1, -0.05) is 19.1 Å². The Kier molecular flexibility index (Phi) is 4.59. The van der Waals surface area contributed by atoms with Crippen LogP contribution in [0, 0.1) is 0 Å². The first-order valence-corrected chi connectivity index (χ1v) is 8.12. The van der Waals surface area contributed by atoms with E-state index in [9.17, 15) is 8.42 Å². The third-order valence-corrected chi connectivity index (χ3v) is 4.95. The van der Waals surface area contributed by atoms with Crippen molar-refractivity contribution < 1.29 is 8.42 Å². The summed E-state index contributed by atoms with van der Waals surface area (Å²) in [7, 11) is -0.439. The van der Waals surface area contributed by atoms with Crippen LogP contribution in [0.2, 0.25) is 0 Å². The molecule has 0 aliphatic heterocycles. The van der Waals surface area contributed by atoms with Crippen LogP contribution < -0.4 is 5.32 Å². The van der Waals surface area contributed by atoms with Gasteiger partial charge < -0.3 is 5.32 Å². The van der Waals surface area contributed by atoms with Gasteiger partial charge in [0.15, 0.2) is 0 Å². The van der Waals surface area contributed by atoms with Crippen LogP contribution in [0.25, 0.3) is 0 Å². The molecule has 0 unspecified atom stereocenters. The Morgan fingerprint density at radius 1 is 1.10 bits per heavy atom. The number of hydrogen-bond acceptors (Lipinski definition) is 4. The van der Waals surface area contributed by atoms with Gasteiger partial charge in [-0.15, -0.1) is 0 Å². The van der Waals surface area contributed by atoms with Crippen molar-refractivity contribution in [3.05, 3.63) is 48.2 Å². The van der Waals surface area contributed by atoms with Crippen LogP contribution in [0.4, 0.5) is 11.5 Å². The van der Waals surface area contributed by atoms with Gasteiger partial charge in [-0.25, -0.2) is 17.7 Å². The zero-order valence-corrected chi connectivity index (χ0v) is 13.2. The molecule has 0 amide bonds. The molecule has 0 bridgehead atoms. The number of sulfonamides is 1. The molecule has 0 atom stereocenters. The van der Waals surface area contributed by atoms with E-state index in [1.165, 1.54) is 30.2 Å². The molecule has 2 aromatic rings. The van der Waals surface area contributed by atoms with E-state index in [-0.39, 0.29) is 4.90 Å². The van der Waals surface area contributed by atoms with Crippen LogP contribution in [0.15, 0.2) is 47.5 Å². The smallest absolute Gasteiger partial charge is 0.244 e. The van der Waals surface area contributed by atoms with Gasteiger partial charge in [-0.05, 0) is 36.2 Å². The lowest BCUT2D eigenvalue weighted by molar-refractivity contribution is 0.520. The third-order valence-electron chi connectivity index (χ3n) is 3.15. The Balaban J connectivity index is 2.15. The third kappa shape index (κ3) is 3.59. The molecule has 2 rings (SSSR count). The fourth-order valence-corrected chi connectivity index (χ4v) is 2.64. The molecule has 1 aromatic carbocycles. The van der Waals surface area contributed by atoms with Crippen LogP contribution in [0.1, 0.15) is 12.5 Å². The Hall–Kier alpha value is -1.92. The number of aryl methyl sites for hydroxylation is 1. The predicted octanol–water partition coefficient (Wildman–Crippen LogP) is 2.64. The van der Waals surface area contributed by atoms with Crippen molar-refractivity contribution in [3.8, 4) is 0 Å². The molecular formula is C15H19N3O2S. The molecule has 0 saturated heterocycles. The number of benzene rings is 1. The van der Waals surface area contributed by atoms with Crippen LogP contribution in [-0.2, 0) is 16.4 Å². The monoisotopic (exact) mass is 305 g/mol. The van der Waals surface area contributed by atoms with Crippen LogP contribution in [-0.4, -0.2) is 31.8 Å². The summed E-state index contributed by atoms with van der Waals surface area (Å²) in [6.07, 6.45) is 2.35. The molecule has 0 fully saturated rings. The van der Waals surface area contributed by atoms with E-state index in [1.807, 2.05) is 24.3 Å². The number of nitrogens with zero attached hydrogens (tertiary/aromatic N) is 2. The first-order chi connectivity index (χ1) is 9.93. The highest BCUT2D eigenvalue weighted by atomic mass is 32.2. The fraction of sp³-hybridized carbons (Fsp3) is 0.267. The van der Waals surface area contributed by atoms with Gasteiger partial charge in [-0.2, -0.15) is 0 Å². The minimum Gasteiger partial charge on any atom is -0.340 e. The van der Waals surface area contributed by atoms with E-state index in [1.54, 1.807) is 12.1 Å². The lowest BCUT2D eigenvalue weighted by atomic mass is 10.1. The lowest BCUT2D eigenvalue weighted by Gasteiger charge is -2.11. The summed E-state index contributed by atoms with van der Waals surface area (Å²) in [5, 5.41) is 3.14. The summed E-state index contributed by atoms with van der Waals surface area (Å²) in [6, 6.07) is 11.3. The zero-order valence-electron chi connectivity index (χ0n) is 12.4. The number of nitrogens with one attached hydrogen (secondary N) is 1. The molecule has 1 heterocycles. The zero-order chi connectivity index (χ0) is 15.5. The Morgan fingerprint density at radius 3 is 2.24 bits per heavy atom. The lowest BCUT2D eigenvalue weighted by Crippen LogP contribution is -2.22. The molecule has 1 aromatic heterocycles. The van der Waals surface area contributed by atoms with E-state index in [4.69, 9.17) is 0 Å². The second-order valence-corrected chi connectivity index (χ2v) is 6.99. The van der Waals surface area contributed by atoms with Gasteiger partial charge >= 0.3 is 0 Å². The van der Waals surface area contributed by atoms with Gasteiger partial charge in [0.1, 0.15) is 10.7 Å². The minimum absolute atomic E-state index is 0.180. The van der Waals surface area contributed by atoms with Crippen molar-refractivity contribution in [1.82, 2.24) is 9.29 Å².